The van der Waals surface area contributed by atoms with Gasteiger partial charge in [0.15, 0.2) is 0 Å². The van der Waals surface area contributed by atoms with Crippen molar-refractivity contribution < 1.29 is 4.74 Å². The summed E-state index contributed by atoms with van der Waals surface area (Å²) in [6.07, 6.45) is 6.66. The summed E-state index contributed by atoms with van der Waals surface area (Å²) in [6.45, 7) is 7.24. The van der Waals surface area contributed by atoms with E-state index in [0.717, 1.165) is 44.2 Å². The predicted molar refractivity (Wildman–Crippen MR) is 75.9 cm³/mol. The molecule has 2 heterocycles. The first-order valence-corrected chi connectivity index (χ1v) is 7.79. The lowest BCUT2D eigenvalue weighted by Gasteiger charge is -2.40. The molecule has 0 saturated carbocycles. The third-order valence-electron chi connectivity index (χ3n) is 4.82. The average Bonchev–Trinajstić information content (AvgIpc) is 2.61. The minimum absolute atomic E-state index is 0.568. The van der Waals surface area contributed by atoms with Crippen molar-refractivity contribution in [3.8, 4) is 0 Å². The fourth-order valence-corrected chi connectivity index (χ4v) is 3.76. The second-order valence-corrected chi connectivity index (χ2v) is 6.02. The fraction of sp³-hybridized carbons (Fsp3) is 1.00. The highest BCUT2D eigenvalue weighted by atomic mass is 16.5. The van der Waals surface area contributed by atoms with Gasteiger partial charge in [-0.25, -0.2) is 0 Å². The zero-order chi connectivity index (χ0) is 13.0. The third kappa shape index (κ3) is 3.25. The SMILES string of the molecule is CCCOCC(NCC)C1CC2CCC(C1)N2C. The Balaban J connectivity index is 1.86. The lowest BCUT2D eigenvalue weighted by molar-refractivity contribution is 0.0571. The molecule has 0 aromatic heterocycles. The number of hydrogen-bond donors (Lipinski definition) is 1. The van der Waals surface area contributed by atoms with Crippen LogP contribution in [-0.4, -0.2) is 49.8 Å². The molecule has 3 atom stereocenters. The third-order valence-corrected chi connectivity index (χ3v) is 4.82. The lowest BCUT2D eigenvalue weighted by Crippen LogP contribution is -2.48. The second-order valence-electron chi connectivity index (χ2n) is 6.02. The molecule has 2 aliphatic heterocycles. The Morgan fingerprint density at radius 2 is 1.89 bits per heavy atom. The van der Waals surface area contributed by atoms with Crippen LogP contribution in [0.1, 0.15) is 46.0 Å². The van der Waals surface area contributed by atoms with Gasteiger partial charge in [-0.15, -0.1) is 0 Å². The topological polar surface area (TPSA) is 24.5 Å². The molecule has 18 heavy (non-hydrogen) atoms. The Kier molecular flexibility index (Phi) is 5.46. The molecule has 3 heteroatoms. The van der Waals surface area contributed by atoms with E-state index in [1.165, 1.54) is 25.7 Å². The highest BCUT2D eigenvalue weighted by molar-refractivity contribution is 4.96. The number of likely N-dealkylation sites (N-methyl/N-ethyl adjacent to an activating group) is 1. The van der Waals surface area contributed by atoms with E-state index in [-0.39, 0.29) is 0 Å². The van der Waals surface area contributed by atoms with E-state index >= 15 is 0 Å². The van der Waals surface area contributed by atoms with Crippen LogP contribution in [0.5, 0.6) is 0 Å². The van der Waals surface area contributed by atoms with Crippen molar-refractivity contribution in [1.82, 2.24) is 10.2 Å². The van der Waals surface area contributed by atoms with Crippen molar-refractivity contribution in [1.29, 1.82) is 0 Å². The van der Waals surface area contributed by atoms with Crippen LogP contribution >= 0.6 is 0 Å². The van der Waals surface area contributed by atoms with E-state index in [0.29, 0.717) is 6.04 Å². The molecule has 0 aliphatic carbocycles. The quantitative estimate of drug-likeness (QED) is 0.705. The first-order valence-electron chi connectivity index (χ1n) is 7.79. The van der Waals surface area contributed by atoms with Crippen molar-refractivity contribution in [2.45, 2.75) is 64.1 Å². The molecule has 2 rings (SSSR count). The summed E-state index contributed by atoms with van der Waals surface area (Å²) >= 11 is 0. The van der Waals surface area contributed by atoms with Crippen LogP contribution in [0.2, 0.25) is 0 Å². The number of fused-ring (bicyclic) bond motifs is 2. The van der Waals surface area contributed by atoms with Crippen molar-refractivity contribution in [3.05, 3.63) is 0 Å². The van der Waals surface area contributed by atoms with Gasteiger partial charge in [-0.2, -0.15) is 0 Å². The highest BCUT2D eigenvalue weighted by Gasteiger charge is 2.40. The van der Waals surface area contributed by atoms with E-state index < -0.39 is 0 Å². The van der Waals surface area contributed by atoms with E-state index in [9.17, 15) is 0 Å². The molecule has 2 aliphatic rings. The van der Waals surface area contributed by atoms with Crippen LogP contribution in [0.25, 0.3) is 0 Å². The number of nitrogens with zero attached hydrogens (tertiary/aromatic N) is 1. The van der Waals surface area contributed by atoms with Crippen LogP contribution in [0, 0.1) is 5.92 Å². The van der Waals surface area contributed by atoms with Gasteiger partial charge in [0.1, 0.15) is 0 Å². The fourth-order valence-electron chi connectivity index (χ4n) is 3.76. The number of hydrogen-bond acceptors (Lipinski definition) is 3. The van der Waals surface area contributed by atoms with Gasteiger partial charge in [0.05, 0.1) is 6.61 Å². The molecule has 2 bridgehead atoms. The van der Waals surface area contributed by atoms with E-state index in [1.807, 2.05) is 0 Å². The monoisotopic (exact) mass is 254 g/mol. The zero-order valence-corrected chi connectivity index (χ0v) is 12.3. The van der Waals surface area contributed by atoms with Gasteiger partial charge in [-0.05, 0) is 51.6 Å². The van der Waals surface area contributed by atoms with Gasteiger partial charge in [0.25, 0.3) is 0 Å². The Morgan fingerprint density at radius 1 is 1.22 bits per heavy atom. The molecule has 0 spiro atoms. The Morgan fingerprint density at radius 3 is 2.44 bits per heavy atom. The Hall–Kier alpha value is -0.120. The molecular weight excluding hydrogens is 224 g/mol. The average molecular weight is 254 g/mol. The first-order chi connectivity index (χ1) is 8.76. The van der Waals surface area contributed by atoms with Gasteiger partial charge < -0.3 is 15.0 Å². The number of nitrogens with one attached hydrogen (secondary N) is 1. The van der Waals surface area contributed by atoms with Crippen LogP contribution in [0.15, 0.2) is 0 Å². The molecule has 106 valence electrons. The largest absolute Gasteiger partial charge is 0.380 e. The number of ether oxygens (including phenoxy) is 1. The Bertz CT molecular complexity index is 233. The Labute approximate surface area is 112 Å². The molecule has 0 aromatic rings. The van der Waals surface area contributed by atoms with E-state index in [4.69, 9.17) is 4.74 Å². The summed E-state index contributed by atoms with van der Waals surface area (Å²) in [6, 6.07) is 2.24. The summed E-state index contributed by atoms with van der Waals surface area (Å²) in [5.41, 5.74) is 0. The molecule has 0 amide bonds. The van der Waals surface area contributed by atoms with Crippen molar-refractivity contribution in [2.24, 2.45) is 5.92 Å². The molecule has 2 saturated heterocycles. The molecule has 0 radical (unpaired) electrons. The van der Waals surface area contributed by atoms with Gasteiger partial charge in [-0.1, -0.05) is 13.8 Å². The van der Waals surface area contributed by atoms with E-state index in [1.54, 1.807) is 0 Å². The van der Waals surface area contributed by atoms with Crippen LogP contribution in [0.4, 0.5) is 0 Å². The summed E-state index contributed by atoms with van der Waals surface area (Å²) in [7, 11) is 2.31. The van der Waals surface area contributed by atoms with Gasteiger partial charge in [0, 0.05) is 24.7 Å². The van der Waals surface area contributed by atoms with Gasteiger partial charge in [0.2, 0.25) is 0 Å². The summed E-state index contributed by atoms with van der Waals surface area (Å²) in [4.78, 5) is 2.62. The zero-order valence-electron chi connectivity index (χ0n) is 12.3. The highest BCUT2D eigenvalue weighted by Crippen LogP contribution is 2.38. The predicted octanol–water partition coefficient (Wildman–Crippen LogP) is 2.26. The molecule has 2 fully saturated rings. The van der Waals surface area contributed by atoms with Crippen molar-refractivity contribution in [3.63, 3.8) is 0 Å². The minimum atomic E-state index is 0.568. The van der Waals surface area contributed by atoms with Crippen LogP contribution in [-0.2, 0) is 4.74 Å². The van der Waals surface area contributed by atoms with Crippen molar-refractivity contribution in [2.75, 3.05) is 26.8 Å². The summed E-state index contributed by atoms with van der Waals surface area (Å²) in [5, 5.41) is 3.65. The van der Waals surface area contributed by atoms with E-state index in [2.05, 4.69) is 31.1 Å². The second kappa shape index (κ2) is 6.88. The molecular formula is C15H30N2O. The maximum atomic E-state index is 5.79. The standard InChI is InChI=1S/C15H30N2O/c1-4-8-18-11-15(16-5-2)12-9-13-6-7-14(10-12)17(13)3/h12-16H,4-11H2,1-3H3. The van der Waals surface area contributed by atoms with Gasteiger partial charge in [-0.3, -0.25) is 0 Å². The number of rotatable bonds is 7. The molecule has 1 N–H and O–H groups in total. The lowest BCUT2D eigenvalue weighted by atomic mass is 9.85. The maximum absolute atomic E-state index is 5.79. The normalized spacial score (nSPS) is 33.8. The first kappa shape index (κ1) is 14.3. The number of piperidine rings is 1. The summed E-state index contributed by atoms with van der Waals surface area (Å²) < 4.78 is 5.79. The molecule has 3 nitrogen and oxygen atoms in total. The van der Waals surface area contributed by atoms with Crippen molar-refractivity contribution >= 4 is 0 Å². The van der Waals surface area contributed by atoms with Crippen LogP contribution in [0.3, 0.4) is 0 Å². The molecule has 3 unspecified atom stereocenters. The smallest absolute Gasteiger partial charge is 0.0622 e. The maximum Gasteiger partial charge on any atom is 0.0622 e. The summed E-state index contributed by atoms with van der Waals surface area (Å²) in [5.74, 6) is 0.815. The van der Waals surface area contributed by atoms with Gasteiger partial charge >= 0.3 is 0 Å². The molecule has 0 aromatic carbocycles. The van der Waals surface area contributed by atoms with Crippen LogP contribution < -0.4 is 5.32 Å². The minimum Gasteiger partial charge on any atom is -0.380 e.